The Hall–Kier alpha value is -2.52. The van der Waals surface area contributed by atoms with Crippen molar-refractivity contribution in [3.8, 4) is 0 Å². The Morgan fingerprint density at radius 3 is 2.32 bits per heavy atom. The summed E-state index contributed by atoms with van der Waals surface area (Å²) in [6.07, 6.45) is 3.78. The number of rotatable bonds is 6. The molecule has 1 N–H and O–H groups in total. The lowest BCUT2D eigenvalue weighted by Crippen LogP contribution is -2.15. The molecule has 0 bridgehead atoms. The molecule has 1 amide bonds. The number of nitrogens with one attached hydrogen (secondary N) is 1. The smallest absolute Gasteiger partial charge is 0.255 e. The highest BCUT2D eigenvalue weighted by molar-refractivity contribution is 7.98. The number of carbonyl (C=O) groups is 1. The summed E-state index contributed by atoms with van der Waals surface area (Å²) in [5.41, 5.74) is 3.96. The Morgan fingerprint density at radius 2 is 1.52 bits per heavy atom. The van der Waals surface area contributed by atoms with E-state index >= 15 is 0 Å². The highest BCUT2D eigenvalue weighted by atomic mass is 32.2. The van der Waals surface area contributed by atoms with Crippen molar-refractivity contribution < 1.29 is 4.79 Å². The van der Waals surface area contributed by atoms with Crippen molar-refractivity contribution in [2.24, 2.45) is 0 Å². The lowest BCUT2D eigenvalue weighted by atomic mass is 9.99. The first-order valence-corrected chi connectivity index (χ1v) is 9.56. The molecule has 25 heavy (non-hydrogen) atoms. The van der Waals surface area contributed by atoms with Crippen LogP contribution in [0.4, 0.5) is 5.69 Å². The van der Waals surface area contributed by atoms with Gasteiger partial charge < -0.3 is 5.32 Å². The SMILES string of the molecule is CSc1ccccc1NC(=O)c1ccccc1CCc1ccccc1. The van der Waals surface area contributed by atoms with Crippen LogP contribution in [-0.4, -0.2) is 12.2 Å². The summed E-state index contributed by atoms with van der Waals surface area (Å²) in [5, 5.41) is 3.06. The Balaban J connectivity index is 1.76. The lowest BCUT2D eigenvalue weighted by Gasteiger charge is -2.12. The highest BCUT2D eigenvalue weighted by Gasteiger charge is 2.12. The number of para-hydroxylation sites is 1. The fourth-order valence-electron chi connectivity index (χ4n) is 2.82. The average Bonchev–Trinajstić information content (AvgIpc) is 2.68. The molecule has 0 aliphatic carbocycles. The van der Waals surface area contributed by atoms with Gasteiger partial charge in [-0.05, 0) is 48.4 Å². The Kier molecular flexibility index (Phi) is 5.91. The molecular weight excluding hydrogens is 326 g/mol. The van der Waals surface area contributed by atoms with Crippen molar-refractivity contribution in [1.29, 1.82) is 0 Å². The predicted molar refractivity (Wildman–Crippen MR) is 106 cm³/mol. The molecule has 3 aromatic rings. The van der Waals surface area contributed by atoms with Crippen LogP contribution in [0, 0.1) is 0 Å². The molecule has 3 heteroatoms. The Morgan fingerprint density at radius 1 is 0.840 bits per heavy atom. The third-order valence-electron chi connectivity index (χ3n) is 4.14. The Labute approximate surface area is 153 Å². The van der Waals surface area contributed by atoms with Crippen LogP contribution >= 0.6 is 11.8 Å². The van der Waals surface area contributed by atoms with Gasteiger partial charge in [0.2, 0.25) is 0 Å². The van der Waals surface area contributed by atoms with Crippen LogP contribution in [0.25, 0.3) is 0 Å². The molecule has 0 saturated carbocycles. The van der Waals surface area contributed by atoms with Gasteiger partial charge in [-0.3, -0.25) is 4.79 Å². The molecule has 3 rings (SSSR count). The minimum Gasteiger partial charge on any atom is -0.321 e. The van der Waals surface area contributed by atoms with Crippen LogP contribution in [0.1, 0.15) is 21.5 Å². The van der Waals surface area contributed by atoms with Crippen LogP contribution in [0.15, 0.2) is 83.8 Å². The second kappa shape index (κ2) is 8.54. The van der Waals surface area contributed by atoms with Crippen LogP contribution in [0.5, 0.6) is 0 Å². The van der Waals surface area contributed by atoms with Gasteiger partial charge >= 0.3 is 0 Å². The van der Waals surface area contributed by atoms with Gasteiger partial charge in [0.05, 0.1) is 5.69 Å². The van der Waals surface area contributed by atoms with E-state index in [0.717, 1.165) is 34.6 Å². The lowest BCUT2D eigenvalue weighted by molar-refractivity contribution is 0.102. The molecule has 0 heterocycles. The molecule has 0 aliphatic heterocycles. The number of amides is 1. The van der Waals surface area contributed by atoms with Crippen molar-refractivity contribution >= 4 is 23.4 Å². The number of benzene rings is 3. The minimum absolute atomic E-state index is 0.0508. The van der Waals surface area contributed by atoms with Gasteiger partial charge in [-0.2, -0.15) is 0 Å². The molecule has 0 fully saturated rings. The summed E-state index contributed by atoms with van der Waals surface area (Å²) in [4.78, 5) is 13.9. The van der Waals surface area contributed by atoms with Crippen LogP contribution in [-0.2, 0) is 12.8 Å². The largest absolute Gasteiger partial charge is 0.321 e. The van der Waals surface area contributed by atoms with Crippen molar-refractivity contribution in [2.45, 2.75) is 17.7 Å². The van der Waals surface area contributed by atoms with E-state index in [1.54, 1.807) is 11.8 Å². The summed E-state index contributed by atoms with van der Waals surface area (Å²) in [7, 11) is 0. The number of hydrogen-bond donors (Lipinski definition) is 1. The number of anilines is 1. The first-order chi connectivity index (χ1) is 12.3. The number of hydrogen-bond acceptors (Lipinski definition) is 2. The first kappa shape index (κ1) is 17.3. The molecule has 3 aromatic carbocycles. The second-order valence-electron chi connectivity index (χ2n) is 5.80. The standard InChI is InChI=1S/C22H21NOS/c1-25-21-14-8-7-13-20(21)23-22(24)19-12-6-5-11-18(19)16-15-17-9-3-2-4-10-17/h2-14H,15-16H2,1H3,(H,23,24). The average molecular weight is 347 g/mol. The molecule has 0 unspecified atom stereocenters. The maximum atomic E-state index is 12.8. The summed E-state index contributed by atoms with van der Waals surface area (Å²) in [5.74, 6) is -0.0508. The third kappa shape index (κ3) is 4.52. The second-order valence-corrected chi connectivity index (χ2v) is 6.65. The van der Waals surface area contributed by atoms with Crippen molar-refractivity contribution in [1.82, 2.24) is 0 Å². The summed E-state index contributed by atoms with van der Waals surface area (Å²) >= 11 is 1.63. The number of carbonyl (C=O) groups excluding carboxylic acids is 1. The van der Waals surface area contributed by atoms with Crippen LogP contribution in [0.2, 0.25) is 0 Å². The Bertz CT molecular complexity index is 845. The topological polar surface area (TPSA) is 29.1 Å². The summed E-state index contributed by atoms with van der Waals surface area (Å²) < 4.78 is 0. The van der Waals surface area contributed by atoms with Gasteiger partial charge in [0.25, 0.3) is 5.91 Å². The van der Waals surface area contributed by atoms with E-state index in [1.165, 1.54) is 5.56 Å². The molecule has 0 radical (unpaired) electrons. The fraction of sp³-hybridized carbons (Fsp3) is 0.136. The van der Waals surface area contributed by atoms with E-state index in [9.17, 15) is 4.79 Å². The van der Waals surface area contributed by atoms with Crippen molar-refractivity contribution in [3.05, 3.63) is 95.6 Å². The van der Waals surface area contributed by atoms with Crippen LogP contribution in [0.3, 0.4) is 0 Å². The van der Waals surface area contributed by atoms with E-state index in [-0.39, 0.29) is 5.91 Å². The van der Waals surface area contributed by atoms with E-state index < -0.39 is 0 Å². The fourth-order valence-corrected chi connectivity index (χ4v) is 3.37. The summed E-state index contributed by atoms with van der Waals surface area (Å²) in [6.45, 7) is 0. The number of aryl methyl sites for hydroxylation is 2. The highest BCUT2D eigenvalue weighted by Crippen LogP contribution is 2.25. The minimum atomic E-state index is -0.0508. The molecule has 0 saturated heterocycles. The van der Waals surface area contributed by atoms with Crippen molar-refractivity contribution in [3.63, 3.8) is 0 Å². The zero-order valence-corrected chi connectivity index (χ0v) is 15.1. The monoisotopic (exact) mass is 347 g/mol. The van der Waals surface area contributed by atoms with Gasteiger partial charge in [-0.25, -0.2) is 0 Å². The van der Waals surface area contributed by atoms with E-state index in [1.807, 2.05) is 73.0 Å². The van der Waals surface area contributed by atoms with Gasteiger partial charge in [0, 0.05) is 10.5 Å². The molecular formula is C22H21NOS. The maximum absolute atomic E-state index is 12.8. The van der Waals surface area contributed by atoms with Crippen molar-refractivity contribution in [2.75, 3.05) is 11.6 Å². The zero-order chi connectivity index (χ0) is 17.5. The predicted octanol–water partition coefficient (Wildman–Crippen LogP) is 5.45. The van der Waals surface area contributed by atoms with Gasteiger partial charge in [-0.15, -0.1) is 11.8 Å². The van der Waals surface area contributed by atoms with Gasteiger partial charge in [-0.1, -0.05) is 60.7 Å². The molecule has 2 nitrogen and oxygen atoms in total. The van der Waals surface area contributed by atoms with E-state index in [2.05, 4.69) is 17.4 Å². The molecule has 126 valence electrons. The van der Waals surface area contributed by atoms with Crippen LogP contribution < -0.4 is 5.32 Å². The molecule has 0 aliphatic rings. The van der Waals surface area contributed by atoms with Gasteiger partial charge in [0.15, 0.2) is 0 Å². The van der Waals surface area contributed by atoms with E-state index in [0.29, 0.717) is 0 Å². The van der Waals surface area contributed by atoms with E-state index in [4.69, 9.17) is 0 Å². The molecule has 0 aromatic heterocycles. The quantitative estimate of drug-likeness (QED) is 0.601. The number of thioether (sulfide) groups is 1. The molecule has 0 spiro atoms. The summed E-state index contributed by atoms with van der Waals surface area (Å²) in [6, 6.07) is 26.1. The maximum Gasteiger partial charge on any atom is 0.255 e. The third-order valence-corrected chi connectivity index (χ3v) is 4.94. The first-order valence-electron chi connectivity index (χ1n) is 8.34. The molecule has 0 atom stereocenters. The normalized spacial score (nSPS) is 10.4. The van der Waals surface area contributed by atoms with Gasteiger partial charge in [0.1, 0.15) is 0 Å². The zero-order valence-electron chi connectivity index (χ0n) is 14.2.